The standard InChI is InChI=1S/C15H15NO4.C7H6O4/c1-20-15(19)12-8-5-9-16(14(12)18)13(10-17)11-6-3-2-4-7-11;1-10-6(8)5-3-2-4-11-7(5)9/h2-9,13,17H,10H2,1H3;2-4H,1H3/t13-;/m0./s1. The zero-order valence-electron chi connectivity index (χ0n) is 16.9. The molecule has 1 aromatic carbocycles. The minimum atomic E-state index is -0.686. The largest absolute Gasteiger partial charge is 0.465 e. The van der Waals surface area contributed by atoms with Crippen LogP contribution in [0, 0.1) is 0 Å². The van der Waals surface area contributed by atoms with Crippen molar-refractivity contribution < 1.29 is 28.6 Å². The fraction of sp³-hybridized carbons (Fsp3) is 0.182. The number of carbonyl (C=O) groups excluding carboxylic acids is 2. The van der Waals surface area contributed by atoms with E-state index in [0.29, 0.717) is 0 Å². The van der Waals surface area contributed by atoms with Crippen LogP contribution in [0.15, 0.2) is 81.1 Å². The van der Waals surface area contributed by atoms with Crippen LogP contribution in [0.3, 0.4) is 0 Å². The van der Waals surface area contributed by atoms with Gasteiger partial charge in [-0.3, -0.25) is 4.79 Å². The van der Waals surface area contributed by atoms with E-state index >= 15 is 0 Å². The number of aliphatic hydroxyl groups excluding tert-OH is 1. The summed E-state index contributed by atoms with van der Waals surface area (Å²) in [5, 5.41) is 9.57. The average molecular weight is 427 g/mol. The Morgan fingerprint density at radius 3 is 2.13 bits per heavy atom. The predicted molar refractivity (Wildman–Crippen MR) is 110 cm³/mol. The molecule has 0 amide bonds. The van der Waals surface area contributed by atoms with Crippen LogP contribution in [-0.4, -0.2) is 42.4 Å². The van der Waals surface area contributed by atoms with Crippen molar-refractivity contribution in [2.24, 2.45) is 0 Å². The van der Waals surface area contributed by atoms with Crippen LogP contribution in [0.4, 0.5) is 0 Å². The average Bonchev–Trinajstić information content (AvgIpc) is 2.81. The summed E-state index contributed by atoms with van der Waals surface area (Å²) in [6.07, 6.45) is 2.75. The number of hydrogen-bond donors (Lipinski definition) is 1. The van der Waals surface area contributed by atoms with Crippen LogP contribution in [0.5, 0.6) is 0 Å². The molecule has 0 spiro atoms. The van der Waals surface area contributed by atoms with Crippen molar-refractivity contribution in [3.8, 4) is 0 Å². The molecule has 0 aliphatic heterocycles. The number of benzene rings is 1. The van der Waals surface area contributed by atoms with Gasteiger partial charge in [0.15, 0.2) is 0 Å². The van der Waals surface area contributed by atoms with Gasteiger partial charge in [-0.05, 0) is 29.8 Å². The number of esters is 2. The molecule has 3 aromatic rings. The molecule has 3 rings (SSSR count). The van der Waals surface area contributed by atoms with Gasteiger partial charge in [0.25, 0.3) is 5.56 Å². The van der Waals surface area contributed by atoms with Gasteiger partial charge in [-0.15, -0.1) is 0 Å². The second kappa shape index (κ2) is 11.3. The molecule has 2 aromatic heterocycles. The molecule has 0 radical (unpaired) electrons. The van der Waals surface area contributed by atoms with Crippen LogP contribution in [0.2, 0.25) is 0 Å². The fourth-order valence-electron chi connectivity index (χ4n) is 2.68. The summed E-state index contributed by atoms with van der Waals surface area (Å²) in [5.41, 5.74) is -0.514. The molecule has 2 heterocycles. The zero-order valence-corrected chi connectivity index (χ0v) is 16.9. The summed E-state index contributed by atoms with van der Waals surface area (Å²) in [6, 6.07) is 14.4. The Bertz CT molecular complexity index is 1130. The SMILES string of the molecule is COC(=O)c1cccn([C@@H](CO)c2ccccc2)c1=O.COC(=O)c1cccoc1=O. The Hall–Kier alpha value is -3.98. The number of hydrogen-bond acceptors (Lipinski definition) is 8. The van der Waals surface area contributed by atoms with Gasteiger partial charge >= 0.3 is 17.6 Å². The smallest absolute Gasteiger partial charge is 0.350 e. The highest BCUT2D eigenvalue weighted by Gasteiger charge is 2.18. The third kappa shape index (κ3) is 5.77. The Kier molecular flexibility index (Phi) is 8.47. The van der Waals surface area contributed by atoms with E-state index in [9.17, 15) is 24.3 Å². The molecule has 1 N–H and O–H groups in total. The molecule has 0 aliphatic rings. The van der Waals surface area contributed by atoms with Gasteiger partial charge in [-0.1, -0.05) is 30.3 Å². The molecule has 31 heavy (non-hydrogen) atoms. The number of methoxy groups -OCH3 is 2. The first-order chi connectivity index (χ1) is 14.9. The lowest BCUT2D eigenvalue weighted by Crippen LogP contribution is -2.31. The van der Waals surface area contributed by atoms with Crippen LogP contribution in [0.25, 0.3) is 0 Å². The highest BCUT2D eigenvalue weighted by atomic mass is 16.5. The van der Waals surface area contributed by atoms with Gasteiger partial charge < -0.3 is 23.6 Å². The van der Waals surface area contributed by atoms with E-state index in [4.69, 9.17) is 0 Å². The molecule has 0 saturated heterocycles. The molecule has 162 valence electrons. The molecule has 9 nitrogen and oxygen atoms in total. The second-order valence-electron chi connectivity index (χ2n) is 6.04. The van der Waals surface area contributed by atoms with Crippen LogP contribution in [-0.2, 0) is 9.47 Å². The summed E-state index contributed by atoms with van der Waals surface area (Å²) in [7, 11) is 2.43. The Morgan fingerprint density at radius 2 is 1.55 bits per heavy atom. The number of carbonyl (C=O) groups is 2. The molecule has 0 fully saturated rings. The van der Waals surface area contributed by atoms with Gasteiger partial charge in [-0.25, -0.2) is 14.4 Å². The van der Waals surface area contributed by atoms with E-state index in [0.717, 1.165) is 5.56 Å². The molecular formula is C22H21NO8. The fourth-order valence-corrected chi connectivity index (χ4v) is 2.68. The lowest BCUT2D eigenvalue weighted by Gasteiger charge is -2.18. The van der Waals surface area contributed by atoms with E-state index in [1.807, 2.05) is 30.3 Å². The van der Waals surface area contributed by atoms with Crippen LogP contribution >= 0.6 is 0 Å². The maximum atomic E-state index is 12.3. The topological polar surface area (TPSA) is 125 Å². The quantitative estimate of drug-likeness (QED) is 0.609. The molecular weight excluding hydrogens is 406 g/mol. The Balaban J connectivity index is 0.000000262. The number of rotatable bonds is 5. The minimum Gasteiger partial charge on any atom is -0.465 e. The van der Waals surface area contributed by atoms with E-state index in [1.54, 1.807) is 12.3 Å². The lowest BCUT2D eigenvalue weighted by atomic mass is 10.1. The zero-order chi connectivity index (χ0) is 22.8. The van der Waals surface area contributed by atoms with E-state index in [1.165, 1.54) is 43.2 Å². The van der Waals surface area contributed by atoms with Crippen LogP contribution < -0.4 is 11.2 Å². The third-order valence-corrected chi connectivity index (χ3v) is 4.21. The summed E-state index contributed by atoms with van der Waals surface area (Å²) >= 11 is 0. The molecule has 0 saturated carbocycles. The van der Waals surface area contributed by atoms with E-state index in [-0.39, 0.29) is 17.7 Å². The van der Waals surface area contributed by atoms with E-state index < -0.39 is 29.2 Å². The Morgan fingerprint density at radius 1 is 0.935 bits per heavy atom. The first-order valence-corrected chi connectivity index (χ1v) is 9.06. The minimum absolute atomic E-state index is 0.0515. The van der Waals surface area contributed by atoms with Crippen molar-refractivity contribution in [2.75, 3.05) is 20.8 Å². The van der Waals surface area contributed by atoms with Crippen LogP contribution in [0.1, 0.15) is 32.3 Å². The van der Waals surface area contributed by atoms with Crippen molar-refractivity contribution in [1.29, 1.82) is 0 Å². The first-order valence-electron chi connectivity index (χ1n) is 9.06. The maximum Gasteiger partial charge on any atom is 0.350 e. The van der Waals surface area contributed by atoms with Crippen molar-refractivity contribution >= 4 is 11.9 Å². The van der Waals surface area contributed by atoms with Gasteiger partial charge in [0, 0.05) is 6.20 Å². The molecule has 0 aliphatic carbocycles. The monoisotopic (exact) mass is 427 g/mol. The lowest BCUT2D eigenvalue weighted by molar-refractivity contribution is 0.0587. The highest BCUT2D eigenvalue weighted by molar-refractivity contribution is 5.89. The van der Waals surface area contributed by atoms with Crippen molar-refractivity contribution in [3.05, 3.63) is 105 Å². The third-order valence-electron chi connectivity index (χ3n) is 4.21. The summed E-state index contributed by atoms with van der Waals surface area (Å²) in [4.78, 5) is 45.3. The van der Waals surface area contributed by atoms with Crippen molar-refractivity contribution in [2.45, 2.75) is 6.04 Å². The predicted octanol–water partition coefficient (Wildman–Crippen LogP) is 1.64. The molecule has 1 atom stereocenters. The summed E-state index contributed by atoms with van der Waals surface area (Å²) in [5.74, 6) is -1.37. The first kappa shape index (κ1) is 23.3. The van der Waals surface area contributed by atoms with Gasteiger partial charge in [-0.2, -0.15) is 0 Å². The Labute approximate surface area is 177 Å². The van der Waals surface area contributed by atoms with E-state index in [2.05, 4.69) is 13.9 Å². The molecule has 9 heteroatoms. The molecule has 0 unspecified atom stereocenters. The number of aromatic nitrogens is 1. The summed E-state index contributed by atoms with van der Waals surface area (Å²) in [6.45, 7) is -0.242. The summed E-state index contributed by atoms with van der Waals surface area (Å²) < 4.78 is 14.7. The number of nitrogens with zero attached hydrogens (tertiary/aromatic N) is 1. The highest BCUT2D eigenvalue weighted by Crippen LogP contribution is 2.16. The maximum absolute atomic E-state index is 12.3. The van der Waals surface area contributed by atoms with Gasteiger partial charge in [0.1, 0.15) is 11.1 Å². The van der Waals surface area contributed by atoms with Crippen molar-refractivity contribution in [3.63, 3.8) is 0 Å². The number of pyridine rings is 1. The normalized spacial score (nSPS) is 10.9. The van der Waals surface area contributed by atoms with Crippen molar-refractivity contribution in [1.82, 2.24) is 4.57 Å². The number of ether oxygens (including phenoxy) is 2. The van der Waals surface area contributed by atoms with Gasteiger partial charge in [0.05, 0.1) is 33.1 Å². The molecule has 0 bridgehead atoms. The second-order valence-corrected chi connectivity index (χ2v) is 6.04. The van der Waals surface area contributed by atoms with Gasteiger partial charge in [0.2, 0.25) is 0 Å². The number of aliphatic hydroxyl groups is 1.